The van der Waals surface area contributed by atoms with Crippen molar-refractivity contribution in [3.63, 3.8) is 0 Å². The fourth-order valence-corrected chi connectivity index (χ4v) is 3.77. The molecule has 0 aliphatic carbocycles. The molecule has 1 aromatic carbocycles. The minimum atomic E-state index is -1.01. The van der Waals surface area contributed by atoms with Crippen LogP contribution in [0.4, 0.5) is 16.2 Å². The van der Waals surface area contributed by atoms with Crippen molar-refractivity contribution in [2.75, 3.05) is 24.3 Å². The summed E-state index contributed by atoms with van der Waals surface area (Å²) in [6.07, 6.45) is 0.153. The van der Waals surface area contributed by atoms with Gasteiger partial charge in [0.1, 0.15) is 17.8 Å². The summed E-state index contributed by atoms with van der Waals surface area (Å²) in [6, 6.07) is 1.39. The fourth-order valence-electron chi connectivity index (χ4n) is 3.77. The fraction of sp³-hybridized carbons (Fsp3) is 0.357. The van der Waals surface area contributed by atoms with E-state index in [1.165, 1.54) is 13.2 Å². The molecule has 3 unspecified atom stereocenters. The molecule has 4 rings (SSSR count). The summed E-state index contributed by atoms with van der Waals surface area (Å²) in [4.78, 5) is 12.8. The summed E-state index contributed by atoms with van der Waals surface area (Å²) in [5.74, 6) is -0.291. The number of rotatable bonds is 2. The number of aromatic hydroxyl groups is 2. The molecule has 9 heteroatoms. The van der Waals surface area contributed by atoms with E-state index in [2.05, 4.69) is 5.32 Å². The maximum Gasteiger partial charge on any atom is 0.409 e. The third-order valence-electron chi connectivity index (χ3n) is 4.70. The van der Waals surface area contributed by atoms with Gasteiger partial charge in [0.05, 0.1) is 28.6 Å². The number of nitrogens with two attached hydrogens (primary N) is 2. The molecule has 7 N–H and O–H groups in total. The number of anilines is 2. The molecule has 23 heavy (non-hydrogen) atoms. The number of nitrogen functional groups attached to an aromatic ring is 1. The summed E-state index contributed by atoms with van der Waals surface area (Å²) in [5, 5.41) is 24.0. The number of nitrogens with one attached hydrogen (secondary N) is 1. The predicted molar refractivity (Wildman–Crippen MR) is 80.6 cm³/mol. The lowest BCUT2D eigenvalue weighted by Crippen LogP contribution is -2.50. The number of primary amides is 1. The second-order valence-corrected chi connectivity index (χ2v) is 5.79. The van der Waals surface area contributed by atoms with Crippen molar-refractivity contribution in [2.45, 2.75) is 17.8 Å². The molecule has 2 fully saturated rings. The second kappa shape index (κ2) is 4.21. The number of hydrogen-bond donors (Lipinski definition) is 5. The average molecular weight is 320 g/mol. The molecule has 1 aromatic rings. The van der Waals surface area contributed by atoms with Gasteiger partial charge in [-0.2, -0.15) is 0 Å². The normalized spacial score (nSPS) is 31.7. The number of carbonyl (C=O) groups is 1. The maximum atomic E-state index is 11.0. The monoisotopic (exact) mass is 320 g/mol. The van der Waals surface area contributed by atoms with Crippen molar-refractivity contribution in [2.24, 2.45) is 5.73 Å². The highest BCUT2D eigenvalue weighted by Gasteiger charge is 2.69. The molecule has 0 bridgehead atoms. The van der Waals surface area contributed by atoms with Gasteiger partial charge in [-0.25, -0.2) is 4.79 Å². The van der Waals surface area contributed by atoms with E-state index in [4.69, 9.17) is 20.9 Å². The molecule has 3 atom stereocenters. The molecule has 0 saturated carbocycles. The molecule has 122 valence electrons. The van der Waals surface area contributed by atoms with E-state index in [0.717, 1.165) is 6.26 Å². The molecule has 9 nitrogen and oxygen atoms in total. The highest BCUT2D eigenvalue weighted by atomic mass is 16.5. The first-order valence-corrected chi connectivity index (χ1v) is 7.02. The topological polar surface area (TPSA) is 153 Å². The Morgan fingerprint density at radius 3 is 2.96 bits per heavy atom. The lowest BCUT2D eigenvalue weighted by molar-refractivity contribution is 0.0499. The Bertz CT molecular complexity index is 764. The van der Waals surface area contributed by atoms with E-state index in [9.17, 15) is 15.0 Å². The van der Waals surface area contributed by atoms with Crippen molar-refractivity contribution in [1.29, 1.82) is 0 Å². The van der Waals surface area contributed by atoms with Gasteiger partial charge in [0.2, 0.25) is 0 Å². The molecule has 3 aliphatic rings. The number of hydrogen-bond acceptors (Lipinski definition) is 8. The molecule has 2 saturated heterocycles. The largest absolute Gasteiger partial charge is 0.506 e. The van der Waals surface area contributed by atoms with Crippen molar-refractivity contribution < 1.29 is 24.5 Å². The van der Waals surface area contributed by atoms with Crippen LogP contribution in [0.1, 0.15) is 5.56 Å². The molecule has 0 aromatic heterocycles. The minimum Gasteiger partial charge on any atom is -0.506 e. The number of carbonyl (C=O) groups excluding carboxylic acids is 1. The zero-order chi connectivity index (χ0) is 16.5. The summed E-state index contributed by atoms with van der Waals surface area (Å²) in [7, 11) is 1.51. The van der Waals surface area contributed by atoms with Crippen LogP contribution in [0, 0.1) is 0 Å². The predicted octanol–water partition coefficient (Wildman–Crippen LogP) is -0.367. The van der Waals surface area contributed by atoms with Gasteiger partial charge in [-0.05, 0) is 0 Å². The van der Waals surface area contributed by atoms with Crippen molar-refractivity contribution in [3.8, 4) is 11.5 Å². The standard InChI is InChI=1S/C14H16N4O5/c1-22-14-5(4-23-13(16)21)9-10(8(19)2-6(15)11(9)20)18(14)3-7-12(14)17-7/h2,4,7,12,17,19-20H,3,15H2,1H3,(H2,16,21). The lowest BCUT2D eigenvalue weighted by Gasteiger charge is -2.35. The Morgan fingerprint density at radius 2 is 2.30 bits per heavy atom. The summed E-state index contributed by atoms with van der Waals surface area (Å²) < 4.78 is 10.6. The number of benzene rings is 1. The van der Waals surface area contributed by atoms with Gasteiger partial charge in [0.15, 0.2) is 5.72 Å². The number of methoxy groups -OCH3 is 1. The molecule has 0 spiro atoms. The highest BCUT2D eigenvalue weighted by molar-refractivity contribution is 5.99. The minimum absolute atomic E-state index is 0.0129. The quantitative estimate of drug-likeness (QED) is 0.163. The van der Waals surface area contributed by atoms with Crippen LogP contribution >= 0.6 is 0 Å². The first-order valence-electron chi connectivity index (χ1n) is 7.02. The molecule has 1 amide bonds. The van der Waals surface area contributed by atoms with E-state index < -0.39 is 11.8 Å². The third kappa shape index (κ3) is 1.55. The molecule has 0 radical (unpaired) electrons. The van der Waals surface area contributed by atoms with Gasteiger partial charge < -0.3 is 41.4 Å². The molecule has 3 heterocycles. The van der Waals surface area contributed by atoms with Crippen LogP contribution in [0.2, 0.25) is 0 Å². The Hall–Kier alpha value is -2.65. The molecular weight excluding hydrogens is 304 g/mol. The first kappa shape index (κ1) is 14.0. The Labute approximate surface area is 131 Å². The smallest absolute Gasteiger partial charge is 0.409 e. The number of piperazine rings is 1. The van der Waals surface area contributed by atoms with Gasteiger partial charge in [-0.3, -0.25) is 0 Å². The second-order valence-electron chi connectivity index (χ2n) is 5.79. The number of amides is 1. The summed E-state index contributed by atoms with van der Waals surface area (Å²) >= 11 is 0. The first-order chi connectivity index (χ1) is 10.9. The summed E-state index contributed by atoms with van der Waals surface area (Å²) in [5.41, 5.74) is 10.8. The van der Waals surface area contributed by atoms with Crippen LogP contribution in [-0.2, 0) is 9.47 Å². The van der Waals surface area contributed by atoms with Gasteiger partial charge in [-0.15, -0.1) is 0 Å². The van der Waals surface area contributed by atoms with Gasteiger partial charge in [-0.1, -0.05) is 0 Å². The van der Waals surface area contributed by atoms with Crippen molar-refractivity contribution >= 4 is 23.0 Å². The number of phenols is 2. The highest BCUT2D eigenvalue weighted by Crippen LogP contribution is 2.62. The molecule has 3 aliphatic heterocycles. The van der Waals surface area contributed by atoms with E-state index in [1.54, 1.807) is 0 Å². The number of ether oxygens (including phenoxy) is 2. The van der Waals surface area contributed by atoms with Crippen LogP contribution in [0.3, 0.4) is 0 Å². The lowest BCUT2D eigenvalue weighted by atomic mass is 9.96. The van der Waals surface area contributed by atoms with Gasteiger partial charge in [0, 0.05) is 25.8 Å². The summed E-state index contributed by atoms with van der Waals surface area (Å²) in [6.45, 7) is 0.566. The number of nitrogens with zero attached hydrogens (tertiary/aromatic N) is 1. The van der Waals surface area contributed by atoms with Crippen LogP contribution < -0.4 is 21.7 Å². The Kier molecular flexibility index (Phi) is 2.56. The Morgan fingerprint density at radius 1 is 1.57 bits per heavy atom. The van der Waals surface area contributed by atoms with Crippen LogP contribution in [0.5, 0.6) is 11.5 Å². The zero-order valence-electron chi connectivity index (χ0n) is 12.2. The zero-order valence-corrected chi connectivity index (χ0v) is 12.2. The van der Waals surface area contributed by atoms with Crippen molar-refractivity contribution in [3.05, 3.63) is 17.9 Å². The molecular formula is C14H16N4O5. The van der Waals surface area contributed by atoms with Crippen LogP contribution in [-0.4, -0.2) is 47.8 Å². The van der Waals surface area contributed by atoms with Crippen LogP contribution in [0.15, 0.2) is 12.3 Å². The SMILES string of the molecule is COC12C(=COC(N)=O)c3c(O)c(N)cc(O)c3N1CC1NC12. The van der Waals surface area contributed by atoms with Gasteiger partial charge >= 0.3 is 6.09 Å². The third-order valence-corrected chi connectivity index (χ3v) is 4.70. The number of fused-ring (bicyclic) bond motifs is 5. The maximum absolute atomic E-state index is 11.0. The van der Waals surface area contributed by atoms with E-state index in [1.807, 2.05) is 4.90 Å². The van der Waals surface area contributed by atoms with Gasteiger partial charge in [0.25, 0.3) is 0 Å². The Balaban J connectivity index is 1.99. The van der Waals surface area contributed by atoms with E-state index in [0.29, 0.717) is 17.8 Å². The van der Waals surface area contributed by atoms with E-state index >= 15 is 0 Å². The van der Waals surface area contributed by atoms with Crippen LogP contribution in [0.25, 0.3) is 5.57 Å². The van der Waals surface area contributed by atoms with Crippen molar-refractivity contribution in [1.82, 2.24) is 5.32 Å². The van der Waals surface area contributed by atoms with E-state index in [-0.39, 0.29) is 34.8 Å². The number of phenolic OH excluding ortho intramolecular Hbond substituents is 2. The average Bonchev–Trinajstić information content (AvgIpc) is 3.10.